The van der Waals surface area contributed by atoms with Gasteiger partial charge in [0.25, 0.3) is 0 Å². The summed E-state index contributed by atoms with van der Waals surface area (Å²) >= 11 is 1.66. The first-order chi connectivity index (χ1) is 9.16. The molecule has 1 aliphatic rings. The van der Waals surface area contributed by atoms with E-state index in [-0.39, 0.29) is 11.2 Å². The van der Waals surface area contributed by atoms with Crippen LogP contribution in [0.15, 0.2) is 30.3 Å². The van der Waals surface area contributed by atoms with E-state index in [2.05, 4.69) is 12.1 Å². The molecule has 0 aromatic heterocycles. The van der Waals surface area contributed by atoms with Crippen molar-refractivity contribution < 1.29 is 9.00 Å². The van der Waals surface area contributed by atoms with Crippen LogP contribution in [0.25, 0.3) is 0 Å². The fraction of sp³-hybridized carbons (Fsp3) is 0.500. The predicted octanol–water partition coefficient (Wildman–Crippen LogP) is 1.90. The molecule has 1 aliphatic heterocycles. The fourth-order valence-corrected chi connectivity index (χ4v) is 3.96. The van der Waals surface area contributed by atoms with Gasteiger partial charge < -0.3 is 4.90 Å². The van der Waals surface area contributed by atoms with Gasteiger partial charge in [0.1, 0.15) is 0 Å². The van der Waals surface area contributed by atoms with Crippen LogP contribution in [0.4, 0.5) is 0 Å². The van der Waals surface area contributed by atoms with Crippen LogP contribution in [0.5, 0.6) is 0 Å². The number of hydrogen-bond acceptors (Lipinski definition) is 3. The molecular weight excluding hydrogens is 278 g/mol. The minimum absolute atomic E-state index is 0.0354. The van der Waals surface area contributed by atoms with E-state index in [1.165, 1.54) is 5.56 Å². The Morgan fingerprint density at radius 3 is 2.58 bits per heavy atom. The van der Waals surface area contributed by atoms with E-state index in [1.807, 2.05) is 30.0 Å². The number of thioether (sulfide) groups is 1. The maximum atomic E-state index is 12.2. The summed E-state index contributed by atoms with van der Waals surface area (Å²) in [6, 6.07) is 10.2. The Balaban J connectivity index is 1.81. The standard InChI is InChI=1S/C14H19NO2S2/c1-12(18-11-13-5-3-2-4-6-13)14(16)15-7-9-19(17)10-8-15/h2-6,12H,7-11H2,1H3. The van der Waals surface area contributed by atoms with Gasteiger partial charge >= 0.3 is 0 Å². The Morgan fingerprint density at radius 2 is 1.95 bits per heavy atom. The molecule has 1 atom stereocenters. The summed E-state index contributed by atoms with van der Waals surface area (Å²) in [4.78, 5) is 14.1. The largest absolute Gasteiger partial charge is 0.340 e. The number of carbonyl (C=O) groups is 1. The van der Waals surface area contributed by atoms with Gasteiger partial charge in [-0.05, 0) is 12.5 Å². The summed E-state index contributed by atoms with van der Waals surface area (Å²) in [5, 5.41) is -0.0354. The number of carbonyl (C=O) groups excluding carboxylic acids is 1. The van der Waals surface area contributed by atoms with Crippen LogP contribution < -0.4 is 0 Å². The van der Waals surface area contributed by atoms with Crippen molar-refractivity contribution in [2.24, 2.45) is 0 Å². The first-order valence-corrected chi connectivity index (χ1v) is 9.00. The highest BCUT2D eigenvalue weighted by Crippen LogP contribution is 2.19. The van der Waals surface area contributed by atoms with Crippen LogP contribution in [0.1, 0.15) is 12.5 Å². The smallest absolute Gasteiger partial charge is 0.235 e. The van der Waals surface area contributed by atoms with Crippen molar-refractivity contribution in [2.75, 3.05) is 24.6 Å². The summed E-state index contributed by atoms with van der Waals surface area (Å²) in [6.45, 7) is 3.24. The highest BCUT2D eigenvalue weighted by atomic mass is 32.2. The van der Waals surface area contributed by atoms with Crippen LogP contribution in [0, 0.1) is 0 Å². The molecule has 2 rings (SSSR count). The monoisotopic (exact) mass is 297 g/mol. The van der Waals surface area contributed by atoms with Crippen molar-refractivity contribution in [1.82, 2.24) is 4.90 Å². The second-order valence-corrected chi connectivity index (χ2v) is 7.64. The molecule has 0 bridgehead atoms. The second kappa shape index (κ2) is 7.10. The van der Waals surface area contributed by atoms with Gasteiger partial charge in [-0.3, -0.25) is 9.00 Å². The summed E-state index contributed by atoms with van der Waals surface area (Å²) in [5.41, 5.74) is 1.24. The van der Waals surface area contributed by atoms with Crippen LogP contribution in [0.2, 0.25) is 0 Å². The molecule has 1 saturated heterocycles. The van der Waals surface area contributed by atoms with Gasteiger partial charge in [-0.1, -0.05) is 30.3 Å². The predicted molar refractivity (Wildman–Crippen MR) is 81.7 cm³/mol. The molecule has 0 radical (unpaired) electrons. The van der Waals surface area contributed by atoms with Gasteiger partial charge in [0.05, 0.1) is 5.25 Å². The lowest BCUT2D eigenvalue weighted by Crippen LogP contribution is -2.44. The molecule has 1 fully saturated rings. The lowest BCUT2D eigenvalue weighted by molar-refractivity contribution is -0.129. The third kappa shape index (κ3) is 4.35. The van der Waals surface area contributed by atoms with Crippen molar-refractivity contribution in [1.29, 1.82) is 0 Å². The average molecular weight is 297 g/mol. The number of rotatable bonds is 4. The Kier molecular flexibility index (Phi) is 5.45. The third-order valence-corrected chi connectivity index (χ3v) is 5.66. The molecule has 0 aliphatic carbocycles. The van der Waals surface area contributed by atoms with Gasteiger partial charge in [-0.15, -0.1) is 11.8 Å². The molecule has 104 valence electrons. The van der Waals surface area contributed by atoms with Gasteiger partial charge in [-0.25, -0.2) is 0 Å². The quantitative estimate of drug-likeness (QED) is 0.852. The molecule has 5 heteroatoms. The highest BCUT2D eigenvalue weighted by molar-refractivity contribution is 7.99. The first-order valence-electron chi connectivity index (χ1n) is 6.46. The molecule has 1 aromatic carbocycles. The number of nitrogens with zero attached hydrogens (tertiary/aromatic N) is 1. The third-order valence-electron chi connectivity index (χ3n) is 3.18. The van der Waals surface area contributed by atoms with Crippen LogP contribution in [0.3, 0.4) is 0 Å². The lowest BCUT2D eigenvalue weighted by atomic mass is 10.2. The van der Waals surface area contributed by atoms with Crippen LogP contribution in [-0.2, 0) is 21.3 Å². The van der Waals surface area contributed by atoms with Crippen molar-refractivity contribution in [3.63, 3.8) is 0 Å². The van der Waals surface area contributed by atoms with E-state index in [0.29, 0.717) is 24.6 Å². The molecule has 0 N–H and O–H groups in total. The first kappa shape index (κ1) is 14.6. The maximum Gasteiger partial charge on any atom is 0.235 e. The SMILES string of the molecule is CC(SCc1ccccc1)C(=O)N1CCS(=O)CC1. The summed E-state index contributed by atoms with van der Waals surface area (Å²) in [6.07, 6.45) is 0. The minimum atomic E-state index is -0.725. The average Bonchev–Trinajstić information content (AvgIpc) is 2.46. The van der Waals surface area contributed by atoms with E-state index < -0.39 is 10.8 Å². The Hall–Kier alpha value is -0.810. The summed E-state index contributed by atoms with van der Waals surface area (Å²) in [5.74, 6) is 2.29. The topological polar surface area (TPSA) is 37.4 Å². The molecular formula is C14H19NO2S2. The molecule has 1 amide bonds. The molecule has 0 spiro atoms. The van der Waals surface area contributed by atoms with Crippen molar-refractivity contribution >= 4 is 28.5 Å². The molecule has 1 unspecified atom stereocenters. The zero-order chi connectivity index (χ0) is 13.7. The second-order valence-electron chi connectivity index (χ2n) is 4.61. The van der Waals surface area contributed by atoms with E-state index in [1.54, 1.807) is 11.8 Å². The van der Waals surface area contributed by atoms with E-state index in [0.717, 1.165) is 5.75 Å². The van der Waals surface area contributed by atoms with Crippen molar-refractivity contribution in [2.45, 2.75) is 17.9 Å². The van der Waals surface area contributed by atoms with Crippen LogP contribution in [-0.4, -0.2) is 44.9 Å². The van der Waals surface area contributed by atoms with Crippen molar-refractivity contribution in [3.8, 4) is 0 Å². The summed E-state index contributed by atoms with van der Waals surface area (Å²) < 4.78 is 11.3. The molecule has 3 nitrogen and oxygen atoms in total. The Labute approximate surface area is 121 Å². The van der Waals surface area contributed by atoms with Gasteiger partial charge in [0, 0.05) is 41.1 Å². The maximum absolute atomic E-state index is 12.2. The molecule has 1 heterocycles. The van der Waals surface area contributed by atoms with Crippen LogP contribution >= 0.6 is 11.8 Å². The number of hydrogen-bond donors (Lipinski definition) is 0. The Morgan fingerprint density at radius 1 is 1.32 bits per heavy atom. The van der Waals surface area contributed by atoms with E-state index in [9.17, 15) is 9.00 Å². The lowest BCUT2D eigenvalue weighted by Gasteiger charge is -2.28. The number of benzene rings is 1. The zero-order valence-electron chi connectivity index (χ0n) is 11.1. The minimum Gasteiger partial charge on any atom is -0.340 e. The zero-order valence-corrected chi connectivity index (χ0v) is 12.7. The Bertz CT molecular complexity index is 440. The van der Waals surface area contributed by atoms with Gasteiger partial charge in [0.2, 0.25) is 5.91 Å². The molecule has 0 saturated carbocycles. The normalized spacial score (nSPS) is 18.3. The molecule has 19 heavy (non-hydrogen) atoms. The van der Waals surface area contributed by atoms with Crippen molar-refractivity contribution in [3.05, 3.63) is 35.9 Å². The number of amides is 1. The van der Waals surface area contributed by atoms with Gasteiger partial charge in [-0.2, -0.15) is 0 Å². The fourth-order valence-electron chi connectivity index (χ4n) is 1.98. The van der Waals surface area contributed by atoms with E-state index in [4.69, 9.17) is 0 Å². The highest BCUT2D eigenvalue weighted by Gasteiger charge is 2.24. The summed E-state index contributed by atoms with van der Waals surface area (Å²) in [7, 11) is -0.725. The van der Waals surface area contributed by atoms with E-state index >= 15 is 0 Å². The van der Waals surface area contributed by atoms with Gasteiger partial charge in [0.15, 0.2) is 0 Å². The molecule has 1 aromatic rings.